The SMILES string of the molecule is CC1(C(=O)N2CC[C@H](NS(C)(=O)=O)[C@@H]2Cc2cccc(-c3cccc(F)c3)n2)CCC1. The summed E-state index contributed by atoms with van der Waals surface area (Å²) in [5, 5.41) is 0. The summed E-state index contributed by atoms with van der Waals surface area (Å²) in [4.78, 5) is 19.8. The van der Waals surface area contributed by atoms with Crippen molar-refractivity contribution in [3.63, 3.8) is 0 Å². The van der Waals surface area contributed by atoms with Gasteiger partial charge in [-0.3, -0.25) is 9.78 Å². The Balaban J connectivity index is 1.61. The van der Waals surface area contributed by atoms with Gasteiger partial charge in [0.1, 0.15) is 5.82 Å². The Hall–Kier alpha value is -2.32. The molecule has 2 aromatic rings. The minimum absolute atomic E-state index is 0.0998. The molecule has 2 heterocycles. The fraction of sp³-hybridized carbons (Fsp3) is 0.478. The number of hydrogen-bond acceptors (Lipinski definition) is 4. The lowest BCUT2D eigenvalue weighted by Crippen LogP contribution is -2.52. The van der Waals surface area contributed by atoms with Crippen LogP contribution in [0.3, 0.4) is 0 Å². The molecule has 4 rings (SSSR count). The number of halogens is 1. The van der Waals surface area contributed by atoms with Gasteiger partial charge in [0.25, 0.3) is 0 Å². The van der Waals surface area contributed by atoms with Crippen LogP contribution in [0, 0.1) is 11.2 Å². The molecule has 0 spiro atoms. The maximum Gasteiger partial charge on any atom is 0.228 e. The summed E-state index contributed by atoms with van der Waals surface area (Å²) in [6.07, 6.45) is 4.92. The van der Waals surface area contributed by atoms with Gasteiger partial charge in [0.05, 0.1) is 18.0 Å². The lowest BCUT2D eigenvalue weighted by atomic mass is 9.69. The average molecular weight is 446 g/mol. The molecule has 6 nitrogen and oxygen atoms in total. The number of hydrogen-bond donors (Lipinski definition) is 1. The molecule has 166 valence electrons. The maximum atomic E-state index is 13.6. The van der Waals surface area contributed by atoms with Crippen LogP contribution in [0.1, 0.15) is 38.3 Å². The molecule has 0 bridgehead atoms. The number of pyridine rings is 1. The first-order chi connectivity index (χ1) is 14.6. The molecule has 2 fully saturated rings. The minimum atomic E-state index is -3.41. The van der Waals surface area contributed by atoms with Crippen LogP contribution < -0.4 is 4.72 Å². The summed E-state index contributed by atoms with van der Waals surface area (Å²) in [7, 11) is -3.41. The van der Waals surface area contributed by atoms with E-state index in [0.29, 0.717) is 30.6 Å². The van der Waals surface area contributed by atoms with E-state index < -0.39 is 10.0 Å². The predicted octanol–water partition coefficient (Wildman–Crippen LogP) is 3.14. The van der Waals surface area contributed by atoms with Crippen LogP contribution in [0.25, 0.3) is 11.3 Å². The number of nitrogens with zero attached hydrogens (tertiary/aromatic N) is 2. The first-order valence-corrected chi connectivity index (χ1v) is 12.5. The van der Waals surface area contributed by atoms with Crippen molar-refractivity contribution in [3.8, 4) is 11.3 Å². The summed E-state index contributed by atoms with van der Waals surface area (Å²) in [6, 6.07) is 11.1. The number of likely N-dealkylation sites (tertiary alicyclic amines) is 1. The van der Waals surface area contributed by atoms with Crippen LogP contribution >= 0.6 is 0 Å². The van der Waals surface area contributed by atoms with Crippen LogP contribution in [-0.2, 0) is 21.2 Å². The number of rotatable bonds is 6. The summed E-state index contributed by atoms with van der Waals surface area (Å²) in [6.45, 7) is 2.52. The molecule has 1 aromatic heterocycles. The number of carbonyl (C=O) groups is 1. The first-order valence-electron chi connectivity index (χ1n) is 10.6. The van der Waals surface area contributed by atoms with Gasteiger partial charge in [-0.2, -0.15) is 0 Å². The van der Waals surface area contributed by atoms with E-state index in [0.717, 1.165) is 31.2 Å². The molecule has 2 aliphatic rings. The molecular formula is C23H28FN3O3S. The second-order valence-corrected chi connectivity index (χ2v) is 10.8. The van der Waals surface area contributed by atoms with Crippen molar-refractivity contribution in [2.75, 3.05) is 12.8 Å². The number of carbonyl (C=O) groups excluding carboxylic acids is 1. The Bertz CT molecular complexity index is 1080. The molecule has 8 heteroatoms. The van der Waals surface area contributed by atoms with E-state index in [1.807, 2.05) is 30.0 Å². The van der Waals surface area contributed by atoms with E-state index in [4.69, 9.17) is 0 Å². The van der Waals surface area contributed by atoms with Gasteiger partial charge in [-0.05, 0) is 43.5 Å². The first kappa shape index (κ1) is 21.9. The maximum absolute atomic E-state index is 13.6. The van der Waals surface area contributed by atoms with Crippen molar-refractivity contribution in [2.45, 2.75) is 51.1 Å². The molecule has 1 aromatic carbocycles. The van der Waals surface area contributed by atoms with Crippen molar-refractivity contribution in [1.29, 1.82) is 0 Å². The largest absolute Gasteiger partial charge is 0.337 e. The van der Waals surface area contributed by atoms with Gasteiger partial charge in [-0.25, -0.2) is 17.5 Å². The van der Waals surface area contributed by atoms with Crippen molar-refractivity contribution >= 4 is 15.9 Å². The van der Waals surface area contributed by atoms with Gasteiger partial charge in [-0.15, -0.1) is 0 Å². The second-order valence-electron chi connectivity index (χ2n) is 8.99. The quantitative estimate of drug-likeness (QED) is 0.741. The monoisotopic (exact) mass is 445 g/mol. The van der Waals surface area contributed by atoms with Gasteiger partial charge in [0, 0.05) is 35.7 Å². The third-order valence-corrected chi connectivity index (χ3v) is 7.22. The van der Waals surface area contributed by atoms with Gasteiger partial charge in [-0.1, -0.05) is 31.5 Å². The average Bonchev–Trinajstić information content (AvgIpc) is 3.06. The summed E-state index contributed by atoms with van der Waals surface area (Å²) < 4.78 is 40.2. The van der Waals surface area contributed by atoms with E-state index in [1.54, 1.807) is 12.1 Å². The molecule has 2 atom stereocenters. The van der Waals surface area contributed by atoms with Crippen molar-refractivity contribution in [2.24, 2.45) is 5.41 Å². The third kappa shape index (κ3) is 4.80. The summed E-state index contributed by atoms with van der Waals surface area (Å²) in [5.74, 6) is -0.230. The highest BCUT2D eigenvalue weighted by atomic mass is 32.2. The van der Waals surface area contributed by atoms with E-state index in [1.165, 1.54) is 12.1 Å². The van der Waals surface area contributed by atoms with E-state index in [2.05, 4.69) is 9.71 Å². The number of amides is 1. The Kier molecular flexibility index (Phi) is 5.87. The fourth-order valence-corrected chi connectivity index (χ4v) is 5.48. The Morgan fingerprint density at radius 3 is 2.65 bits per heavy atom. The van der Waals surface area contributed by atoms with Crippen molar-refractivity contribution < 1.29 is 17.6 Å². The molecule has 1 N–H and O–H groups in total. The third-order valence-electron chi connectivity index (χ3n) is 6.49. The zero-order valence-corrected chi connectivity index (χ0v) is 18.7. The predicted molar refractivity (Wildman–Crippen MR) is 117 cm³/mol. The molecule has 1 aliphatic heterocycles. The molecule has 1 aliphatic carbocycles. The normalized spacial score (nSPS) is 22.9. The van der Waals surface area contributed by atoms with Crippen molar-refractivity contribution in [1.82, 2.24) is 14.6 Å². The molecule has 1 saturated carbocycles. The van der Waals surface area contributed by atoms with Crippen LogP contribution in [0.15, 0.2) is 42.5 Å². The number of benzene rings is 1. The fourth-order valence-electron chi connectivity index (χ4n) is 4.65. The Morgan fingerprint density at radius 2 is 2.00 bits per heavy atom. The Labute approximate surface area is 182 Å². The standard InChI is InChI=1S/C23H28FN3O3S/c1-23(11-5-12-23)22(28)27-13-10-20(26-31(2,29)30)21(27)15-18-8-4-9-19(25-18)16-6-3-7-17(24)14-16/h3-4,6-9,14,20-21,26H,5,10-13,15H2,1-2H3/t20-,21-/m0/s1. The molecule has 0 unspecified atom stereocenters. The minimum Gasteiger partial charge on any atom is -0.337 e. The molecule has 0 radical (unpaired) electrons. The van der Waals surface area contributed by atoms with Gasteiger partial charge < -0.3 is 4.90 Å². The topological polar surface area (TPSA) is 79.4 Å². The lowest BCUT2D eigenvalue weighted by molar-refractivity contribution is -0.147. The van der Waals surface area contributed by atoms with E-state index in [9.17, 15) is 17.6 Å². The van der Waals surface area contributed by atoms with E-state index >= 15 is 0 Å². The smallest absolute Gasteiger partial charge is 0.228 e. The highest BCUT2D eigenvalue weighted by molar-refractivity contribution is 7.88. The zero-order valence-electron chi connectivity index (χ0n) is 17.8. The second kappa shape index (κ2) is 8.31. The molecule has 31 heavy (non-hydrogen) atoms. The van der Waals surface area contributed by atoms with Gasteiger partial charge in [0.2, 0.25) is 15.9 Å². The Morgan fingerprint density at radius 1 is 1.26 bits per heavy atom. The van der Waals surface area contributed by atoms with Crippen molar-refractivity contribution in [3.05, 3.63) is 54.0 Å². The highest BCUT2D eigenvalue weighted by Gasteiger charge is 2.47. The molecule has 1 amide bonds. The molecule has 1 saturated heterocycles. The number of aromatic nitrogens is 1. The van der Waals surface area contributed by atoms with Gasteiger partial charge in [0.15, 0.2) is 0 Å². The zero-order chi connectivity index (χ0) is 22.2. The van der Waals surface area contributed by atoms with Crippen LogP contribution in [0.2, 0.25) is 0 Å². The number of nitrogens with one attached hydrogen (secondary N) is 1. The van der Waals surface area contributed by atoms with Crippen LogP contribution in [0.5, 0.6) is 0 Å². The molecular weight excluding hydrogens is 417 g/mol. The van der Waals surface area contributed by atoms with Crippen LogP contribution in [0.4, 0.5) is 4.39 Å². The summed E-state index contributed by atoms with van der Waals surface area (Å²) in [5.41, 5.74) is 1.71. The number of sulfonamides is 1. The van der Waals surface area contributed by atoms with Gasteiger partial charge >= 0.3 is 0 Å². The lowest BCUT2D eigenvalue weighted by Gasteiger charge is -2.42. The highest BCUT2D eigenvalue weighted by Crippen LogP contribution is 2.43. The summed E-state index contributed by atoms with van der Waals surface area (Å²) >= 11 is 0. The van der Waals surface area contributed by atoms with E-state index in [-0.39, 0.29) is 29.2 Å². The van der Waals surface area contributed by atoms with Crippen LogP contribution in [-0.4, -0.2) is 49.1 Å².